The zero-order chi connectivity index (χ0) is 14.0. The van der Waals surface area contributed by atoms with E-state index in [-0.39, 0.29) is 11.8 Å². The van der Waals surface area contributed by atoms with E-state index in [1.54, 1.807) is 17.0 Å². The largest absolute Gasteiger partial charge is 0.465 e. The number of methoxy groups -OCH3 is 1. The predicted octanol–water partition coefficient (Wildman–Crippen LogP) is 1.65. The lowest BCUT2D eigenvalue weighted by molar-refractivity contribution is -0.117. The summed E-state index contributed by atoms with van der Waals surface area (Å²) in [5.41, 5.74) is 7.27. The van der Waals surface area contributed by atoms with E-state index in [1.807, 2.05) is 0 Å². The number of benzene rings is 1. The number of ether oxygens (including phenoxy) is 1. The Bertz CT molecular complexity index is 519. The number of hydrogen-bond donors (Lipinski definition) is 1. The van der Waals surface area contributed by atoms with Gasteiger partial charge in [0, 0.05) is 18.8 Å². The van der Waals surface area contributed by atoms with Gasteiger partial charge >= 0.3 is 5.97 Å². The minimum absolute atomic E-state index is 0.00293. The van der Waals surface area contributed by atoms with Crippen molar-refractivity contribution in [1.82, 2.24) is 0 Å². The maximum Gasteiger partial charge on any atom is 0.337 e. The summed E-state index contributed by atoms with van der Waals surface area (Å²) in [6.07, 6.45) is 0.432. The lowest BCUT2D eigenvalue weighted by atomic mass is 10.1. The van der Waals surface area contributed by atoms with Crippen LogP contribution in [0.3, 0.4) is 0 Å². The van der Waals surface area contributed by atoms with Crippen LogP contribution in [-0.2, 0) is 9.53 Å². The van der Waals surface area contributed by atoms with Crippen LogP contribution >= 0.6 is 11.6 Å². The minimum atomic E-state index is -0.454. The second-order valence-corrected chi connectivity index (χ2v) is 4.80. The second kappa shape index (κ2) is 5.48. The van der Waals surface area contributed by atoms with Gasteiger partial charge in [-0.15, -0.1) is 11.6 Å². The van der Waals surface area contributed by atoms with Gasteiger partial charge in [-0.25, -0.2) is 4.79 Å². The normalized spacial score (nSPS) is 18.7. The first kappa shape index (κ1) is 13.7. The molecule has 102 valence electrons. The molecule has 1 unspecified atom stereocenters. The maximum atomic E-state index is 11.9. The van der Waals surface area contributed by atoms with Crippen LogP contribution in [0, 0.1) is 5.92 Å². The molecule has 1 aromatic rings. The van der Waals surface area contributed by atoms with Crippen molar-refractivity contribution in [2.45, 2.75) is 6.42 Å². The summed E-state index contributed by atoms with van der Waals surface area (Å²) in [5.74, 6) is 0.143. The number of nitrogens with zero attached hydrogens (tertiary/aromatic N) is 1. The molecule has 0 aromatic heterocycles. The predicted molar refractivity (Wildman–Crippen MR) is 73.4 cm³/mol. The monoisotopic (exact) mass is 282 g/mol. The highest BCUT2D eigenvalue weighted by atomic mass is 35.5. The Kier molecular flexibility index (Phi) is 3.95. The first-order valence-corrected chi connectivity index (χ1v) is 6.44. The average molecular weight is 283 g/mol. The van der Waals surface area contributed by atoms with Gasteiger partial charge in [-0.2, -0.15) is 0 Å². The van der Waals surface area contributed by atoms with Crippen molar-refractivity contribution in [3.63, 3.8) is 0 Å². The quantitative estimate of drug-likeness (QED) is 0.520. The number of carbonyl (C=O) groups excluding carboxylic acids is 2. The van der Waals surface area contributed by atoms with Crippen molar-refractivity contribution in [1.29, 1.82) is 0 Å². The van der Waals surface area contributed by atoms with Gasteiger partial charge in [-0.05, 0) is 24.1 Å². The number of alkyl halides is 1. The highest BCUT2D eigenvalue weighted by Crippen LogP contribution is 2.31. The van der Waals surface area contributed by atoms with E-state index in [1.165, 1.54) is 13.2 Å². The third kappa shape index (κ3) is 2.66. The Morgan fingerprint density at radius 3 is 2.84 bits per heavy atom. The summed E-state index contributed by atoms with van der Waals surface area (Å²) < 4.78 is 4.62. The number of rotatable bonds is 3. The second-order valence-electron chi connectivity index (χ2n) is 4.49. The molecule has 5 nitrogen and oxygen atoms in total. The van der Waals surface area contributed by atoms with Crippen LogP contribution in [0.15, 0.2) is 18.2 Å². The van der Waals surface area contributed by atoms with Crippen LogP contribution in [0.2, 0.25) is 0 Å². The summed E-state index contributed by atoms with van der Waals surface area (Å²) in [6.45, 7) is 0.560. The zero-order valence-electron chi connectivity index (χ0n) is 10.6. The molecule has 2 rings (SSSR count). The number of hydrogen-bond acceptors (Lipinski definition) is 4. The summed E-state index contributed by atoms with van der Waals surface area (Å²) >= 11 is 5.78. The fourth-order valence-electron chi connectivity index (χ4n) is 2.16. The molecule has 1 heterocycles. The number of halogens is 1. The molecule has 1 saturated heterocycles. The van der Waals surface area contributed by atoms with Crippen LogP contribution in [0.1, 0.15) is 16.8 Å². The Morgan fingerprint density at radius 2 is 2.32 bits per heavy atom. The first-order chi connectivity index (χ1) is 9.06. The molecular formula is C13H15ClN2O3. The van der Waals surface area contributed by atoms with E-state index < -0.39 is 5.97 Å². The molecule has 2 N–H and O–H groups in total. The Labute approximate surface area is 116 Å². The van der Waals surface area contributed by atoms with E-state index in [2.05, 4.69) is 4.74 Å². The molecule has 0 saturated carbocycles. The van der Waals surface area contributed by atoms with Gasteiger partial charge in [0.2, 0.25) is 5.91 Å². The summed E-state index contributed by atoms with van der Waals surface area (Å²) in [4.78, 5) is 24.9. The average Bonchev–Trinajstić information content (AvgIpc) is 2.79. The fourth-order valence-corrected chi connectivity index (χ4v) is 2.37. The molecule has 1 aliphatic heterocycles. The van der Waals surface area contributed by atoms with Crippen molar-refractivity contribution in [2.75, 3.05) is 30.2 Å². The van der Waals surface area contributed by atoms with E-state index in [0.29, 0.717) is 35.8 Å². The summed E-state index contributed by atoms with van der Waals surface area (Å²) in [6, 6.07) is 4.78. The number of esters is 1. The molecule has 1 aliphatic rings. The van der Waals surface area contributed by atoms with Crippen LogP contribution in [0.25, 0.3) is 0 Å². The minimum Gasteiger partial charge on any atom is -0.465 e. The van der Waals surface area contributed by atoms with Crippen LogP contribution in [-0.4, -0.2) is 31.4 Å². The summed E-state index contributed by atoms with van der Waals surface area (Å²) in [5, 5.41) is 0. The molecule has 6 heteroatoms. The molecular weight excluding hydrogens is 268 g/mol. The Balaban J connectivity index is 2.27. The number of nitrogen functional groups attached to an aromatic ring is 1. The van der Waals surface area contributed by atoms with Crippen molar-refractivity contribution in [3.05, 3.63) is 23.8 Å². The van der Waals surface area contributed by atoms with Crippen LogP contribution in [0.4, 0.5) is 11.4 Å². The van der Waals surface area contributed by atoms with Gasteiger partial charge in [-0.1, -0.05) is 0 Å². The van der Waals surface area contributed by atoms with Crippen molar-refractivity contribution in [3.8, 4) is 0 Å². The third-order valence-corrected chi connectivity index (χ3v) is 3.60. The van der Waals surface area contributed by atoms with Gasteiger partial charge in [-0.3, -0.25) is 4.79 Å². The molecule has 1 atom stereocenters. The number of nitrogens with two attached hydrogens (primary N) is 1. The smallest absolute Gasteiger partial charge is 0.337 e. The van der Waals surface area contributed by atoms with E-state index in [0.717, 1.165) is 0 Å². The molecule has 0 aliphatic carbocycles. The number of anilines is 2. The van der Waals surface area contributed by atoms with Gasteiger partial charge in [0.1, 0.15) is 0 Å². The highest BCUT2D eigenvalue weighted by molar-refractivity contribution is 6.18. The summed E-state index contributed by atoms with van der Waals surface area (Å²) in [7, 11) is 1.31. The number of amides is 1. The standard InChI is InChI=1S/C13H15ClN2O3/c1-19-13(18)9-2-3-11(10(15)5-9)16-7-8(6-14)4-12(16)17/h2-3,5,8H,4,6-7,15H2,1H3. The SMILES string of the molecule is COC(=O)c1ccc(N2CC(CCl)CC2=O)c(N)c1. The molecule has 1 amide bonds. The fraction of sp³-hybridized carbons (Fsp3) is 0.385. The van der Waals surface area contributed by atoms with Crippen molar-refractivity contribution < 1.29 is 14.3 Å². The van der Waals surface area contributed by atoms with E-state index >= 15 is 0 Å². The van der Waals surface area contributed by atoms with Gasteiger partial charge < -0.3 is 15.4 Å². The van der Waals surface area contributed by atoms with E-state index in [9.17, 15) is 9.59 Å². The van der Waals surface area contributed by atoms with Crippen molar-refractivity contribution in [2.24, 2.45) is 5.92 Å². The molecule has 0 radical (unpaired) electrons. The lowest BCUT2D eigenvalue weighted by Crippen LogP contribution is -2.25. The molecule has 0 bridgehead atoms. The zero-order valence-corrected chi connectivity index (χ0v) is 11.3. The Hall–Kier alpha value is -1.75. The maximum absolute atomic E-state index is 11.9. The molecule has 1 aromatic carbocycles. The molecule has 0 spiro atoms. The van der Waals surface area contributed by atoms with Crippen molar-refractivity contribution >= 4 is 34.9 Å². The Morgan fingerprint density at radius 1 is 1.58 bits per heavy atom. The van der Waals surface area contributed by atoms with Crippen LogP contribution in [0.5, 0.6) is 0 Å². The molecule has 19 heavy (non-hydrogen) atoms. The van der Waals surface area contributed by atoms with Gasteiger partial charge in [0.15, 0.2) is 0 Å². The highest BCUT2D eigenvalue weighted by Gasteiger charge is 2.31. The topological polar surface area (TPSA) is 72.6 Å². The molecule has 1 fully saturated rings. The lowest BCUT2D eigenvalue weighted by Gasteiger charge is -2.19. The van der Waals surface area contributed by atoms with Gasteiger partial charge in [0.05, 0.1) is 24.0 Å². The van der Waals surface area contributed by atoms with Gasteiger partial charge in [0.25, 0.3) is 0 Å². The third-order valence-electron chi connectivity index (χ3n) is 3.16. The van der Waals surface area contributed by atoms with E-state index in [4.69, 9.17) is 17.3 Å². The van der Waals surface area contributed by atoms with Crippen LogP contribution < -0.4 is 10.6 Å². The number of carbonyl (C=O) groups is 2. The first-order valence-electron chi connectivity index (χ1n) is 5.91.